The molecule has 0 saturated heterocycles. The molecular weight excluding hydrogens is 230 g/mol. The molecule has 8 nitrogen and oxygen atoms in total. The van der Waals surface area contributed by atoms with Gasteiger partial charge in [-0.3, -0.25) is 10.2 Å². The van der Waals surface area contributed by atoms with Crippen molar-refractivity contribution in [3.8, 4) is 0 Å². The smallest absolute Gasteiger partial charge is 0.426 e. The first-order valence-electron chi connectivity index (χ1n) is 4.84. The number of hydrogen-bond donors (Lipinski definition) is 3. The minimum atomic E-state index is -0.788. The van der Waals surface area contributed by atoms with Crippen LogP contribution >= 0.6 is 0 Å². The third kappa shape index (κ3) is 8.97. The molecule has 0 aromatic carbocycles. The van der Waals surface area contributed by atoms with Gasteiger partial charge in [0.1, 0.15) is 12.1 Å². The van der Waals surface area contributed by atoms with Crippen LogP contribution in [0.4, 0.5) is 9.59 Å². The van der Waals surface area contributed by atoms with Crippen LogP contribution in [0.3, 0.4) is 0 Å². The number of ether oxygens (including phenoxy) is 2. The van der Waals surface area contributed by atoms with Crippen LogP contribution < -0.4 is 16.2 Å². The van der Waals surface area contributed by atoms with E-state index >= 15 is 0 Å². The topological polar surface area (TPSA) is 106 Å². The predicted molar refractivity (Wildman–Crippen MR) is 57.9 cm³/mol. The van der Waals surface area contributed by atoms with E-state index in [1.165, 1.54) is 7.11 Å². The van der Waals surface area contributed by atoms with Gasteiger partial charge < -0.3 is 14.8 Å². The molecule has 0 aliphatic heterocycles. The second-order valence-corrected chi connectivity index (χ2v) is 4.02. The number of nitrogens with one attached hydrogen (secondary N) is 3. The van der Waals surface area contributed by atoms with Crippen molar-refractivity contribution in [2.45, 2.75) is 26.4 Å². The molecule has 0 aromatic rings. The van der Waals surface area contributed by atoms with E-state index in [2.05, 4.69) is 15.5 Å². The quantitative estimate of drug-likeness (QED) is 0.591. The number of rotatable bonds is 2. The van der Waals surface area contributed by atoms with Gasteiger partial charge >= 0.3 is 12.2 Å². The molecule has 0 bridgehead atoms. The SMILES string of the molecule is COC(=O)NCC(=O)NNC(=O)OC(C)(C)C. The zero-order valence-corrected chi connectivity index (χ0v) is 10.2. The highest BCUT2D eigenvalue weighted by Crippen LogP contribution is 2.05. The first-order chi connectivity index (χ1) is 7.74. The van der Waals surface area contributed by atoms with Crippen molar-refractivity contribution < 1.29 is 23.9 Å². The number of hydrogen-bond acceptors (Lipinski definition) is 5. The lowest BCUT2D eigenvalue weighted by molar-refractivity contribution is -0.121. The van der Waals surface area contributed by atoms with Crippen LogP contribution in [0.15, 0.2) is 0 Å². The van der Waals surface area contributed by atoms with Gasteiger partial charge in [-0.1, -0.05) is 0 Å². The highest BCUT2D eigenvalue weighted by molar-refractivity contribution is 5.83. The van der Waals surface area contributed by atoms with E-state index < -0.39 is 23.7 Å². The Morgan fingerprint density at radius 3 is 2.12 bits per heavy atom. The van der Waals surface area contributed by atoms with Crippen LogP contribution in [-0.4, -0.2) is 37.3 Å². The van der Waals surface area contributed by atoms with Gasteiger partial charge in [0.15, 0.2) is 0 Å². The summed E-state index contributed by atoms with van der Waals surface area (Å²) in [5, 5.41) is 2.14. The summed E-state index contributed by atoms with van der Waals surface area (Å²) in [7, 11) is 1.17. The van der Waals surface area contributed by atoms with Crippen LogP contribution in [0.25, 0.3) is 0 Å². The van der Waals surface area contributed by atoms with Crippen LogP contribution in [0.1, 0.15) is 20.8 Å². The summed E-state index contributed by atoms with van der Waals surface area (Å²) < 4.78 is 9.11. The van der Waals surface area contributed by atoms with Crippen molar-refractivity contribution in [1.82, 2.24) is 16.2 Å². The monoisotopic (exact) mass is 247 g/mol. The second kappa shape index (κ2) is 6.56. The molecule has 0 rings (SSSR count). The predicted octanol–water partition coefficient (Wildman–Crippen LogP) is -0.102. The molecule has 3 N–H and O–H groups in total. The molecule has 0 aliphatic rings. The van der Waals surface area contributed by atoms with E-state index in [9.17, 15) is 14.4 Å². The minimum absolute atomic E-state index is 0.317. The molecule has 0 spiro atoms. The largest absolute Gasteiger partial charge is 0.453 e. The van der Waals surface area contributed by atoms with E-state index in [4.69, 9.17) is 4.74 Å². The van der Waals surface area contributed by atoms with Crippen molar-refractivity contribution in [3.05, 3.63) is 0 Å². The zero-order valence-electron chi connectivity index (χ0n) is 10.2. The van der Waals surface area contributed by atoms with Gasteiger partial charge in [0, 0.05) is 0 Å². The van der Waals surface area contributed by atoms with Crippen molar-refractivity contribution in [2.75, 3.05) is 13.7 Å². The maximum Gasteiger partial charge on any atom is 0.426 e. The van der Waals surface area contributed by atoms with Crippen molar-refractivity contribution >= 4 is 18.1 Å². The second-order valence-electron chi connectivity index (χ2n) is 4.02. The average molecular weight is 247 g/mol. The molecule has 0 aliphatic carbocycles. The Bertz CT molecular complexity index is 297. The number of carbonyl (C=O) groups is 3. The van der Waals surface area contributed by atoms with Gasteiger partial charge in [-0.25, -0.2) is 15.0 Å². The Balaban J connectivity index is 3.77. The molecular formula is C9H17N3O5. The first-order valence-corrected chi connectivity index (χ1v) is 4.84. The summed E-state index contributed by atoms with van der Waals surface area (Å²) >= 11 is 0. The molecule has 0 atom stereocenters. The minimum Gasteiger partial charge on any atom is -0.453 e. The summed E-state index contributed by atoms with van der Waals surface area (Å²) in [5.41, 5.74) is 3.42. The fourth-order valence-electron chi connectivity index (χ4n) is 0.693. The highest BCUT2D eigenvalue weighted by Gasteiger charge is 2.16. The Labute approximate surface area is 99.0 Å². The van der Waals surface area contributed by atoms with Gasteiger partial charge in [0.2, 0.25) is 0 Å². The van der Waals surface area contributed by atoms with E-state index in [-0.39, 0.29) is 6.54 Å². The third-order valence-electron chi connectivity index (χ3n) is 1.28. The number of methoxy groups -OCH3 is 1. The molecule has 8 heteroatoms. The van der Waals surface area contributed by atoms with E-state index in [1.807, 2.05) is 5.43 Å². The Hall–Kier alpha value is -1.99. The zero-order chi connectivity index (χ0) is 13.5. The van der Waals surface area contributed by atoms with Crippen molar-refractivity contribution in [1.29, 1.82) is 0 Å². The first kappa shape index (κ1) is 15.0. The number of carbonyl (C=O) groups excluding carboxylic acids is 3. The lowest BCUT2D eigenvalue weighted by Crippen LogP contribution is -2.47. The van der Waals surface area contributed by atoms with Gasteiger partial charge in [-0.05, 0) is 20.8 Å². The van der Waals surface area contributed by atoms with Crippen LogP contribution in [0.5, 0.6) is 0 Å². The van der Waals surface area contributed by atoms with E-state index in [0.29, 0.717) is 0 Å². The summed E-state index contributed by atoms with van der Waals surface area (Å²) in [4.78, 5) is 32.8. The van der Waals surface area contributed by atoms with Crippen LogP contribution in [0.2, 0.25) is 0 Å². The normalized spacial score (nSPS) is 10.1. The van der Waals surface area contributed by atoms with Crippen LogP contribution in [0, 0.1) is 0 Å². The summed E-state index contributed by atoms with van der Waals surface area (Å²) in [6, 6.07) is 0. The highest BCUT2D eigenvalue weighted by atomic mass is 16.6. The summed E-state index contributed by atoms with van der Waals surface area (Å²) in [5.74, 6) is -0.610. The van der Waals surface area contributed by atoms with E-state index in [0.717, 1.165) is 0 Å². The lowest BCUT2D eigenvalue weighted by atomic mass is 10.2. The molecule has 17 heavy (non-hydrogen) atoms. The van der Waals surface area contributed by atoms with Crippen molar-refractivity contribution in [3.63, 3.8) is 0 Å². The van der Waals surface area contributed by atoms with Gasteiger partial charge in [0.05, 0.1) is 7.11 Å². The Morgan fingerprint density at radius 1 is 1.06 bits per heavy atom. The molecule has 0 fully saturated rings. The van der Waals surface area contributed by atoms with Gasteiger partial charge in [-0.15, -0.1) is 0 Å². The molecule has 3 amide bonds. The molecule has 0 saturated carbocycles. The number of amides is 3. The molecule has 98 valence electrons. The Kier molecular flexibility index (Phi) is 5.79. The van der Waals surface area contributed by atoms with Crippen molar-refractivity contribution in [2.24, 2.45) is 0 Å². The van der Waals surface area contributed by atoms with E-state index in [1.54, 1.807) is 20.8 Å². The molecule has 0 aromatic heterocycles. The fourth-order valence-corrected chi connectivity index (χ4v) is 0.693. The van der Waals surface area contributed by atoms with Crippen LogP contribution in [-0.2, 0) is 14.3 Å². The summed E-state index contributed by atoms with van der Waals surface area (Å²) in [6.07, 6.45) is -1.53. The maximum atomic E-state index is 11.1. The molecule has 0 heterocycles. The van der Waals surface area contributed by atoms with Gasteiger partial charge in [0.25, 0.3) is 5.91 Å². The number of hydrazine groups is 1. The standard InChI is InChI=1S/C9H17N3O5/c1-9(2,3)17-8(15)12-11-6(13)5-10-7(14)16-4/h5H2,1-4H3,(H,10,14)(H,11,13)(H,12,15). The lowest BCUT2D eigenvalue weighted by Gasteiger charge is -2.19. The molecule has 0 unspecified atom stereocenters. The van der Waals surface area contributed by atoms with Gasteiger partial charge in [-0.2, -0.15) is 0 Å². The Morgan fingerprint density at radius 2 is 1.65 bits per heavy atom. The summed E-state index contributed by atoms with van der Waals surface area (Å²) in [6.45, 7) is 4.75. The number of alkyl carbamates (subject to hydrolysis) is 1. The molecule has 0 radical (unpaired) electrons. The average Bonchev–Trinajstić information content (AvgIpc) is 2.20. The third-order valence-corrected chi connectivity index (χ3v) is 1.28. The fraction of sp³-hybridized carbons (Fsp3) is 0.667. The maximum absolute atomic E-state index is 11.1.